The first kappa shape index (κ1) is 17.7. The Kier molecular flexibility index (Phi) is 6.14. The third kappa shape index (κ3) is 5.24. The minimum absolute atomic E-state index is 0.0804. The van der Waals surface area contributed by atoms with Crippen LogP contribution >= 0.6 is 12.2 Å². The normalized spacial score (nSPS) is 11.4. The van der Waals surface area contributed by atoms with Crippen LogP contribution in [0.5, 0.6) is 11.5 Å². The van der Waals surface area contributed by atoms with Crippen molar-refractivity contribution in [2.45, 2.75) is 26.4 Å². The van der Waals surface area contributed by atoms with Crippen molar-refractivity contribution in [1.29, 1.82) is 0 Å². The summed E-state index contributed by atoms with van der Waals surface area (Å²) in [6.45, 7) is 4.01. The lowest BCUT2D eigenvalue weighted by atomic mass is 10.2. The molecule has 0 aliphatic rings. The number of phenols is 1. The van der Waals surface area contributed by atoms with Crippen molar-refractivity contribution in [1.82, 2.24) is 5.32 Å². The van der Waals surface area contributed by atoms with E-state index in [0.717, 1.165) is 6.42 Å². The van der Waals surface area contributed by atoms with Crippen LogP contribution in [0.4, 0.5) is 5.69 Å². The van der Waals surface area contributed by atoms with Gasteiger partial charge in [-0.05, 0) is 55.9 Å². The van der Waals surface area contributed by atoms with Gasteiger partial charge in [-0.15, -0.1) is 0 Å². The summed E-state index contributed by atoms with van der Waals surface area (Å²) in [4.78, 5) is 12.3. The molecule has 0 aliphatic carbocycles. The molecule has 0 saturated heterocycles. The molecule has 0 heterocycles. The van der Waals surface area contributed by atoms with Crippen LogP contribution in [-0.4, -0.2) is 22.2 Å². The molecule has 2 aromatic rings. The standard InChI is InChI=1S/C18H20N2O3S/c1-3-12(2)23-16-9-4-6-13(10-16)17(22)20-18(24)19-14-7-5-8-15(21)11-14/h4-12,21H,3H2,1-2H3,(H2,19,20,22,24). The summed E-state index contributed by atoms with van der Waals surface area (Å²) in [5.41, 5.74) is 1.05. The Hall–Kier alpha value is -2.60. The molecule has 1 atom stereocenters. The van der Waals surface area contributed by atoms with E-state index < -0.39 is 0 Å². The number of amides is 1. The number of carbonyl (C=O) groups excluding carboxylic acids is 1. The first-order chi connectivity index (χ1) is 11.5. The molecule has 3 N–H and O–H groups in total. The van der Waals surface area contributed by atoms with Gasteiger partial charge in [-0.1, -0.05) is 19.1 Å². The predicted molar refractivity (Wildman–Crippen MR) is 98.6 cm³/mol. The molecule has 126 valence electrons. The number of phenolic OH excluding ortho intramolecular Hbond substituents is 1. The summed E-state index contributed by atoms with van der Waals surface area (Å²) < 4.78 is 5.71. The zero-order valence-electron chi connectivity index (χ0n) is 13.6. The number of thiocarbonyl (C=S) groups is 1. The minimum Gasteiger partial charge on any atom is -0.508 e. The lowest BCUT2D eigenvalue weighted by Crippen LogP contribution is -2.34. The lowest BCUT2D eigenvalue weighted by Gasteiger charge is -2.14. The molecule has 2 rings (SSSR count). The molecule has 0 fully saturated rings. The van der Waals surface area contributed by atoms with Gasteiger partial charge in [0.2, 0.25) is 0 Å². The van der Waals surface area contributed by atoms with Crippen LogP contribution in [0.15, 0.2) is 48.5 Å². The van der Waals surface area contributed by atoms with Gasteiger partial charge in [0.1, 0.15) is 11.5 Å². The van der Waals surface area contributed by atoms with E-state index in [-0.39, 0.29) is 22.9 Å². The van der Waals surface area contributed by atoms with Crippen LogP contribution in [0.2, 0.25) is 0 Å². The SMILES string of the molecule is CCC(C)Oc1cccc(C(=O)NC(=S)Nc2cccc(O)c2)c1. The smallest absolute Gasteiger partial charge is 0.257 e. The maximum Gasteiger partial charge on any atom is 0.257 e. The quantitative estimate of drug-likeness (QED) is 0.722. The van der Waals surface area contributed by atoms with Crippen LogP contribution < -0.4 is 15.4 Å². The van der Waals surface area contributed by atoms with Crippen LogP contribution in [0, 0.1) is 0 Å². The highest BCUT2D eigenvalue weighted by atomic mass is 32.1. The van der Waals surface area contributed by atoms with Crippen molar-refractivity contribution in [3.63, 3.8) is 0 Å². The fraction of sp³-hybridized carbons (Fsp3) is 0.222. The van der Waals surface area contributed by atoms with Crippen LogP contribution in [-0.2, 0) is 0 Å². The summed E-state index contributed by atoms with van der Waals surface area (Å²) in [6.07, 6.45) is 0.964. The third-order valence-corrected chi connectivity index (χ3v) is 3.54. The van der Waals surface area contributed by atoms with Gasteiger partial charge in [0.15, 0.2) is 5.11 Å². The van der Waals surface area contributed by atoms with Gasteiger partial charge in [-0.2, -0.15) is 0 Å². The van der Waals surface area contributed by atoms with Crippen LogP contribution in [0.3, 0.4) is 0 Å². The molecular weight excluding hydrogens is 324 g/mol. The van der Waals surface area contributed by atoms with E-state index in [2.05, 4.69) is 10.6 Å². The van der Waals surface area contributed by atoms with Gasteiger partial charge in [0.25, 0.3) is 5.91 Å². The molecule has 2 aromatic carbocycles. The highest BCUT2D eigenvalue weighted by Gasteiger charge is 2.10. The van der Waals surface area contributed by atoms with Crippen molar-refractivity contribution >= 4 is 28.9 Å². The zero-order valence-corrected chi connectivity index (χ0v) is 14.4. The van der Waals surface area contributed by atoms with E-state index >= 15 is 0 Å². The second-order valence-electron chi connectivity index (χ2n) is 5.32. The van der Waals surface area contributed by atoms with Gasteiger partial charge in [0.05, 0.1) is 6.10 Å². The fourth-order valence-electron chi connectivity index (χ4n) is 1.95. The number of hydrogen-bond donors (Lipinski definition) is 3. The van der Waals surface area contributed by atoms with E-state index in [1.807, 2.05) is 19.9 Å². The Bertz CT molecular complexity index is 734. The number of hydrogen-bond acceptors (Lipinski definition) is 4. The topological polar surface area (TPSA) is 70.6 Å². The molecule has 1 amide bonds. The fourth-order valence-corrected chi connectivity index (χ4v) is 2.16. The molecule has 6 heteroatoms. The molecule has 0 radical (unpaired) electrons. The largest absolute Gasteiger partial charge is 0.508 e. The average Bonchev–Trinajstić information content (AvgIpc) is 2.54. The first-order valence-electron chi connectivity index (χ1n) is 7.66. The van der Waals surface area contributed by atoms with E-state index in [1.54, 1.807) is 36.4 Å². The Morgan fingerprint density at radius 3 is 2.71 bits per heavy atom. The van der Waals surface area contributed by atoms with E-state index in [0.29, 0.717) is 17.0 Å². The monoisotopic (exact) mass is 344 g/mol. The number of nitrogens with one attached hydrogen (secondary N) is 2. The van der Waals surface area contributed by atoms with Crippen molar-refractivity contribution in [3.05, 3.63) is 54.1 Å². The maximum atomic E-state index is 12.3. The lowest BCUT2D eigenvalue weighted by molar-refractivity contribution is 0.0977. The Morgan fingerprint density at radius 1 is 1.25 bits per heavy atom. The van der Waals surface area contributed by atoms with Crippen LogP contribution in [0.1, 0.15) is 30.6 Å². The number of benzene rings is 2. The van der Waals surface area contributed by atoms with Gasteiger partial charge < -0.3 is 15.2 Å². The summed E-state index contributed by atoms with van der Waals surface area (Å²) in [5.74, 6) is 0.426. The number of rotatable bonds is 5. The van der Waals surface area contributed by atoms with Crippen molar-refractivity contribution in [3.8, 4) is 11.5 Å². The number of aromatic hydroxyl groups is 1. The molecule has 24 heavy (non-hydrogen) atoms. The Labute approximate surface area is 146 Å². The molecule has 0 saturated carbocycles. The summed E-state index contributed by atoms with van der Waals surface area (Å²) in [5, 5.41) is 15.0. The minimum atomic E-state index is -0.331. The summed E-state index contributed by atoms with van der Waals surface area (Å²) in [6, 6.07) is 13.4. The third-order valence-electron chi connectivity index (χ3n) is 3.34. The van der Waals surface area contributed by atoms with E-state index in [1.165, 1.54) is 6.07 Å². The van der Waals surface area contributed by atoms with E-state index in [4.69, 9.17) is 17.0 Å². The molecule has 0 aliphatic heterocycles. The number of ether oxygens (including phenoxy) is 1. The van der Waals surface area contributed by atoms with Crippen LogP contribution in [0.25, 0.3) is 0 Å². The van der Waals surface area contributed by atoms with Gasteiger partial charge in [-0.25, -0.2) is 0 Å². The second-order valence-corrected chi connectivity index (χ2v) is 5.73. The highest BCUT2D eigenvalue weighted by Crippen LogP contribution is 2.17. The molecule has 0 spiro atoms. The number of carbonyl (C=O) groups is 1. The Balaban J connectivity index is 1.98. The van der Waals surface area contributed by atoms with Crippen molar-refractivity contribution in [2.75, 3.05) is 5.32 Å². The molecule has 1 unspecified atom stereocenters. The molecule has 0 bridgehead atoms. The van der Waals surface area contributed by atoms with Crippen molar-refractivity contribution in [2.24, 2.45) is 0 Å². The van der Waals surface area contributed by atoms with Crippen molar-refractivity contribution < 1.29 is 14.6 Å². The summed E-state index contributed by atoms with van der Waals surface area (Å²) >= 11 is 5.12. The van der Waals surface area contributed by atoms with E-state index in [9.17, 15) is 9.90 Å². The van der Waals surface area contributed by atoms with Gasteiger partial charge in [0, 0.05) is 17.3 Å². The molecular formula is C18H20N2O3S. The zero-order chi connectivity index (χ0) is 17.5. The maximum absolute atomic E-state index is 12.3. The summed E-state index contributed by atoms with van der Waals surface area (Å²) in [7, 11) is 0. The number of anilines is 1. The van der Waals surface area contributed by atoms with Gasteiger partial charge in [-0.3, -0.25) is 10.1 Å². The highest BCUT2D eigenvalue weighted by molar-refractivity contribution is 7.80. The van der Waals surface area contributed by atoms with Gasteiger partial charge >= 0.3 is 0 Å². The molecule has 0 aromatic heterocycles. The predicted octanol–water partition coefficient (Wildman–Crippen LogP) is 3.70. The second kappa shape index (κ2) is 8.31. The molecule has 5 nitrogen and oxygen atoms in total. The Morgan fingerprint density at radius 2 is 2.00 bits per heavy atom. The average molecular weight is 344 g/mol. The first-order valence-corrected chi connectivity index (χ1v) is 8.07.